The molecule has 1 aliphatic heterocycles. The molecule has 214 valence electrons. The summed E-state index contributed by atoms with van der Waals surface area (Å²) in [5.41, 5.74) is 2.43. The molecule has 39 heavy (non-hydrogen) atoms. The normalized spacial score (nSPS) is 18.5. The molecule has 0 aromatic heterocycles. The third-order valence-corrected chi connectivity index (χ3v) is 6.35. The van der Waals surface area contributed by atoms with E-state index in [0.717, 1.165) is 24.2 Å². The third-order valence-electron chi connectivity index (χ3n) is 6.35. The number of nitrogens with zero attached hydrogens (tertiary/aromatic N) is 2. The van der Waals surface area contributed by atoms with Crippen molar-refractivity contribution in [3.63, 3.8) is 0 Å². The molecule has 10 heteroatoms. The second kappa shape index (κ2) is 18.5. The average molecular weight is 545 g/mol. The molecule has 0 bridgehead atoms. The summed E-state index contributed by atoms with van der Waals surface area (Å²) in [5, 5.41) is 11.3. The lowest BCUT2D eigenvalue weighted by Gasteiger charge is -2.23. The summed E-state index contributed by atoms with van der Waals surface area (Å²) in [6, 6.07) is 16.7. The molecule has 2 aromatic rings. The van der Waals surface area contributed by atoms with Crippen LogP contribution in [0, 0.1) is 10.1 Å². The van der Waals surface area contributed by atoms with Crippen LogP contribution in [-0.4, -0.2) is 101 Å². The van der Waals surface area contributed by atoms with E-state index in [1.54, 1.807) is 24.3 Å². The van der Waals surface area contributed by atoms with Crippen molar-refractivity contribution in [2.45, 2.75) is 18.9 Å². The third kappa shape index (κ3) is 12.8. The highest BCUT2D eigenvalue weighted by molar-refractivity contribution is 5.96. The Hall–Kier alpha value is -2.73. The monoisotopic (exact) mass is 544 g/mol. The highest BCUT2D eigenvalue weighted by atomic mass is 16.6. The molecule has 0 saturated carbocycles. The lowest BCUT2D eigenvalue weighted by atomic mass is 9.91. The van der Waals surface area contributed by atoms with Gasteiger partial charge in [0.1, 0.15) is 0 Å². The fourth-order valence-electron chi connectivity index (χ4n) is 4.23. The van der Waals surface area contributed by atoms with E-state index < -0.39 is 5.92 Å². The summed E-state index contributed by atoms with van der Waals surface area (Å²) in [5.74, 6) is -0.588. The molecule has 2 aromatic carbocycles. The van der Waals surface area contributed by atoms with Crippen molar-refractivity contribution in [2.75, 3.05) is 85.7 Å². The van der Waals surface area contributed by atoms with Crippen molar-refractivity contribution in [1.82, 2.24) is 4.90 Å². The molecule has 0 spiro atoms. The van der Waals surface area contributed by atoms with Gasteiger partial charge < -0.3 is 23.7 Å². The van der Waals surface area contributed by atoms with E-state index in [-0.39, 0.29) is 23.7 Å². The van der Waals surface area contributed by atoms with Gasteiger partial charge in [-0.3, -0.25) is 19.8 Å². The number of hydrogen-bond acceptors (Lipinski definition) is 9. The number of Topliss-reactive ketones (excluding diaryl/α,β-unsaturated/α-hetero) is 1. The Morgan fingerprint density at radius 1 is 0.744 bits per heavy atom. The van der Waals surface area contributed by atoms with Crippen LogP contribution in [0.15, 0.2) is 54.6 Å². The fraction of sp³-hybridized carbons (Fsp3) is 0.552. The minimum atomic E-state index is -0.490. The first-order valence-corrected chi connectivity index (χ1v) is 13.5. The smallest absolute Gasteiger partial charge is 0.211 e. The minimum Gasteiger partial charge on any atom is -0.378 e. The molecule has 3 rings (SSSR count). The van der Waals surface area contributed by atoms with Gasteiger partial charge in [-0.1, -0.05) is 54.6 Å². The van der Waals surface area contributed by atoms with Crippen LogP contribution in [0.2, 0.25) is 0 Å². The zero-order chi connectivity index (χ0) is 27.5. The molecule has 0 amide bonds. The Morgan fingerprint density at radius 3 is 1.72 bits per heavy atom. The second-order valence-corrected chi connectivity index (χ2v) is 9.29. The number of carbonyl (C=O) groups excluding carboxylic acids is 1. The van der Waals surface area contributed by atoms with Crippen LogP contribution in [0.25, 0.3) is 0 Å². The van der Waals surface area contributed by atoms with Crippen molar-refractivity contribution in [1.29, 1.82) is 0 Å². The predicted molar refractivity (Wildman–Crippen MR) is 146 cm³/mol. The maximum atomic E-state index is 12.7. The Morgan fingerprint density at radius 2 is 1.23 bits per heavy atom. The Labute approximate surface area is 230 Å². The van der Waals surface area contributed by atoms with Crippen molar-refractivity contribution in [2.24, 2.45) is 0 Å². The van der Waals surface area contributed by atoms with Gasteiger partial charge in [-0.2, -0.15) is 0 Å². The quantitative estimate of drug-likeness (QED) is 0.281. The number of ether oxygens (including phenoxy) is 5. The van der Waals surface area contributed by atoms with E-state index >= 15 is 0 Å². The van der Waals surface area contributed by atoms with E-state index in [9.17, 15) is 14.9 Å². The highest BCUT2D eigenvalue weighted by Gasteiger charge is 2.22. The van der Waals surface area contributed by atoms with Crippen LogP contribution < -0.4 is 0 Å². The van der Waals surface area contributed by atoms with Crippen molar-refractivity contribution in [3.8, 4) is 0 Å². The van der Waals surface area contributed by atoms with Crippen molar-refractivity contribution in [3.05, 3.63) is 81.4 Å². The fourth-order valence-corrected chi connectivity index (χ4v) is 4.23. The maximum absolute atomic E-state index is 12.7. The van der Waals surface area contributed by atoms with Crippen molar-refractivity contribution < 1.29 is 33.4 Å². The van der Waals surface area contributed by atoms with Crippen LogP contribution in [0.5, 0.6) is 0 Å². The van der Waals surface area contributed by atoms with Gasteiger partial charge in [0.05, 0.1) is 72.0 Å². The number of rotatable bonds is 8. The first-order chi connectivity index (χ1) is 19.1. The minimum absolute atomic E-state index is 0.0889. The van der Waals surface area contributed by atoms with Gasteiger partial charge in [-0.15, -0.1) is 0 Å². The first kappa shape index (κ1) is 30.8. The zero-order valence-corrected chi connectivity index (χ0v) is 22.5. The van der Waals surface area contributed by atoms with Crippen LogP contribution >= 0.6 is 0 Å². The topological polar surface area (TPSA) is 110 Å². The molecular weight excluding hydrogens is 504 g/mol. The summed E-state index contributed by atoms with van der Waals surface area (Å²) >= 11 is 0. The summed E-state index contributed by atoms with van der Waals surface area (Å²) in [6.45, 7) is 7.13. The molecule has 10 nitrogen and oxygen atoms in total. The molecule has 0 N–H and O–H groups in total. The molecule has 1 atom stereocenters. The lowest BCUT2D eigenvalue weighted by Crippen LogP contribution is -2.31. The number of benzene rings is 2. The van der Waals surface area contributed by atoms with E-state index in [2.05, 4.69) is 4.90 Å². The summed E-state index contributed by atoms with van der Waals surface area (Å²) in [7, 11) is 0. The van der Waals surface area contributed by atoms with Gasteiger partial charge in [-0.05, 0) is 11.1 Å². The molecule has 1 saturated heterocycles. The Balaban J connectivity index is 1.56. The molecule has 0 radical (unpaired) electrons. The van der Waals surface area contributed by atoms with E-state index in [4.69, 9.17) is 23.7 Å². The first-order valence-electron chi connectivity index (χ1n) is 13.5. The van der Waals surface area contributed by atoms with E-state index in [1.165, 1.54) is 0 Å². The van der Waals surface area contributed by atoms with E-state index in [0.29, 0.717) is 78.2 Å². The number of hydrogen-bond donors (Lipinski definition) is 0. The summed E-state index contributed by atoms with van der Waals surface area (Å²) in [6.07, 6.45) is 0.0889. The predicted octanol–water partition coefficient (Wildman–Crippen LogP) is 3.22. The molecular formula is C29H40N2O8. The lowest BCUT2D eigenvalue weighted by molar-refractivity contribution is -0.483. The van der Waals surface area contributed by atoms with Gasteiger partial charge in [0, 0.05) is 36.5 Å². The van der Waals surface area contributed by atoms with E-state index in [1.807, 2.05) is 30.3 Å². The van der Waals surface area contributed by atoms with Crippen LogP contribution in [0.3, 0.4) is 0 Å². The van der Waals surface area contributed by atoms with Gasteiger partial charge in [0.15, 0.2) is 5.78 Å². The zero-order valence-electron chi connectivity index (χ0n) is 22.5. The molecule has 1 heterocycles. The number of carbonyl (C=O) groups is 1. The summed E-state index contributed by atoms with van der Waals surface area (Å²) in [4.78, 5) is 26.0. The highest BCUT2D eigenvalue weighted by Crippen LogP contribution is 2.23. The molecule has 0 aliphatic carbocycles. The van der Waals surface area contributed by atoms with Gasteiger partial charge in [0.25, 0.3) is 0 Å². The second-order valence-electron chi connectivity index (χ2n) is 9.29. The Bertz CT molecular complexity index is 940. The van der Waals surface area contributed by atoms with Crippen LogP contribution in [0.4, 0.5) is 0 Å². The Kier molecular flexibility index (Phi) is 14.6. The average Bonchev–Trinajstić information content (AvgIpc) is 2.94. The largest absolute Gasteiger partial charge is 0.378 e. The van der Waals surface area contributed by atoms with Gasteiger partial charge >= 0.3 is 0 Å². The SMILES string of the molecule is O=C(CC(C[N+](=O)[O-])c1ccc(CN2CCOCCOCCOCCOCCOCC2)cc1)c1ccccc1. The number of nitro groups is 1. The van der Waals surface area contributed by atoms with Crippen LogP contribution in [0.1, 0.15) is 33.8 Å². The van der Waals surface area contributed by atoms with Gasteiger partial charge in [-0.25, -0.2) is 0 Å². The van der Waals surface area contributed by atoms with Crippen molar-refractivity contribution >= 4 is 5.78 Å². The van der Waals surface area contributed by atoms with Crippen LogP contribution in [-0.2, 0) is 30.2 Å². The number of ketones is 1. The standard InChI is InChI=1S/C29H40N2O8/c32-29(27-4-2-1-3-5-27)22-28(24-31(33)34)26-8-6-25(7-9-26)23-30-10-12-35-14-16-37-18-20-39-21-19-38-17-15-36-13-11-30/h1-9,28H,10-24H2. The molecule has 1 unspecified atom stereocenters. The van der Waals surface area contributed by atoms with Gasteiger partial charge in [0.2, 0.25) is 6.54 Å². The molecule has 1 aliphatic rings. The molecule has 1 fully saturated rings. The summed E-state index contributed by atoms with van der Waals surface area (Å²) < 4.78 is 28.0. The maximum Gasteiger partial charge on any atom is 0.211 e.